The van der Waals surface area contributed by atoms with Crippen molar-refractivity contribution in [1.29, 1.82) is 0 Å². The van der Waals surface area contributed by atoms with E-state index in [1.165, 1.54) is 11.8 Å². The van der Waals surface area contributed by atoms with E-state index in [1.54, 1.807) is 0 Å². The number of halogens is 9. The molecule has 0 saturated heterocycles. The number of rotatable bonds is 4. The molecule has 0 radical (unpaired) electrons. The summed E-state index contributed by atoms with van der Waals surface area (Å²) in [5, 5.41) is 13.9. The Morgan fingerprint density at radius 2 is 1.61 bits per heavy atom. The van der Waals surface area contributed by atoms with Crippen molar-refractivity contribution >= 4 is 11.9 Å². The summed E-state index contributed by atoms with van der Waals surface area (Å²) in [6.07, 6.45) is -10.2. The first-order valence-corrected chi connectivity index (χ1v) is 9.92. The first kappa shape index (κ1) is 28.9. The number of carbonyl (C=O) groups is 2. The number of aromatic nitrogens is 3. The van der Waals surface area contributed by atoms with Gasteiger partial charge in [0.2, 0.25) is 11.7 Å². The molecule has 17 heteroatoms. The molecule has 1 aliphatic heterocycles. The van der Waals surface area contributed by atoms with Crippen LogP contribution in [-0.2, 0) is 28.7 Å². The lowest BCUT2D eigenvalue weighted by Crippen LogP contribution is -2.44. The molecule has 36 heavy (non-hydrogen) atoms. The first-order chi connectivity index (χ1) is 16.4. The zero-order valence-corrected chi connectivity index (χ0v) is 18.2. The van der Waals surface area contributed by atoms with Crippen molar-refractivity contribution in [2.75, 3.05) is 6.54 Å². The lowest BCUT2D eigenvalue weighted by Gasteiger charge is -2.34. The molecule has 1 unspecified atom stereocenters. The molecule has 0 aliphatic carbocycles. The van der Waals surface area contributed by atoms with Gasteiger partial charge in [0.05, 0.1) is 6.04 Å². The van der Waals surface area contributed by atoms with E-state index in [4.69, 9.17) is 15.6 Å². The fraction of sp³-hybridized carbons (Fsp3) is 0.474. The predicted molar refractivity (Wildman–Crippen MR) is 101 cm³/mol. The quantitative estimate of drug-likeness (QED) is 0.459. The molecule has 3 rings (SSSR count). The van der Waals surface area contributed by atoms with Crippen LogP contribution in [0.4, 0.5) is 39.5 Å². The molecule has 2 heterocycles. The van der Waals surface area contributed by atoms with Crippen LogP contribution in [0.2, 0.25) is 0 Å². The topological polar surface area (TPSA) is 114 Å². The van der Waals surface area contributed by atoms with E-state index in [0.717, 1.165) is 4.57 Å². The number of nitrogens with two attached hydrogens (primary N) is 1. The number of nitrogens with zero attached hydrogens (tertiary/aromatic N) is 4. The van der Waals surface area contributed by atoms with Crippen LogP contribution in [0, 0.1) is 17.5 Å². The highest BCUT2D eigenvalue weighted by atomic mass is 19.4. The third-order valence-corrected chi connectivity index (χ3v) is 5.01. The van der Waals surface area contributed by atoms with Crippen LogP contribution in [0.5, 0.6) is 0 Å². The van der Waals surface area contributed by atoms with Crippen molar-refractivity contribution in [2.45, 2.75) is 50.7 Å². The summed E-state index contributed by atoms with van der Waals surface area (Å²) in [5.74, 6) is -7.91. The number of hydrogen-bond acceptors (Lipinski definition) is 5. The fourth-order valence-corrected chi connectivity index (χ4v) is 3.35. The van der Waals surface area contributed by atoms with Gasteiger partial charge in [0.15, 0.2) is 17.5 Å². The zero-order valence-electron chi connectivity index (χ0n) is 18.2. The lowest BCUT2D eigenvalue weighted by molar-refractivity contribution is -0.192. The maximum Gasteiger partial charge on any atom is 0.490 e. The van der Waals surface area contributed by atoms with Crippen LogP contribution >= 0.6 is 0 Å². The third-order valence-electron chi connectivity index (χ3n) is 5.01. The van der Waals surface area contributed by atoms with E-state index in [9.17, 15) is 44.3 Å². The number of benzene rings is 1. The van der Waals surface area contributed by atoms with Gasteiger partial charge in [-0.2, -0.15) is 26.3 Å². The molecule has 3 N–H and O–H groups in total. The highest BCUT2D eigenvalue weighted by molar-refractivity contribution is 5.77. The maximum atomic E-state index is 13.7. The smallest absolute Gasteiger partial charge is 0.475 e. The van der Waals surface area contributed by atoms with Gasteiger partial charge in [-0.3, -0.25) is 4.79 Å². The largest absolute Gasteiger partial charge is 0.490 e. The summed E-state index contributed by atoms with van der Waals surface area (Å²) in [6.45, 7) is 1.36. The standard InChI is InChI=1S/C17H17F6N5O.C2HF3O2/c1-8-15-25-26-16(17(21,22)23)28(15)3-2-27(8)14(29)6-10(24)4-9-5-12(19)13(20)7-11(9)18;3-2(4,5)1(6)7/h5,7-8,10H,2-4,6,24H2,1H3;(H,6,7)/t8?,10-;/m1./s1. The van der Waals surface area contributed by atoms with Gasteiger partial charge in [0, 0.05) is 31.6 Å². The molecule has 2 atom stereocenters. The summed E-state index contributed by atoms with van der Waals surface area (Å²) >= 11 is 0. The van der Waals surface area contributed by atoms with Crippen LogP contribution in [0.25, 0.3) is 0 Å². The number of carbonyl (C=O) groups excluding carboxylic acids is 1. The number of hydrogen-bond donors (Lipinski definition) is 2. The van der Waals surface area contributed by atoms with Crippen molar-refractivity contribution in [3.8, 4) is 0 Å². The molecule has 0 saturated carbocycles. The second-order valence-electron chi connectivity index (χ2n) is 7.62. The Kier molecular flexibility index (Phi) is 8.59. The minimum Gasteiger partial charge on any atom is -0.475 e. The average molecular weight is 535 g/mol. The minimum absolute atomic E-state index is 0.00264. The highest BCUT2D eigenvalue weighted by Gasteiger charge is 2.42. The summed E-state index contributed by atoms with van der Waals surface area (Å²) < 4.78 is 112. The number of alkyl halides is 6. The van der Waals surface area contributed by atoms with E-state index in [2.05, 4.69) is 10.2 Å². The second-order valence-corrected chi connectivity index (χ2v) is 7.62. The van der Waals surface area contributed by atoms with Crippen LogP contribution in [-0.4, -0.2) is 55.4 Å². The Bertz CT molecular complexity index is 1120. The number of carboxylic acids is 1. The van der Waals surface area contributed by atoms with Crippen LogP contribution < -0.4 is 5.73 Å². The van der Waals surface area contributed by atoms with Gasteiger partial charge < -0.3 is 20.3 Å². The van der Waals surface area contributed by atoms with Crippen molar-refractivity contribution in [2.24, 2.45) is 5.73 Å². The van der Waals surface area contributed by atoms with E-state index >= 15 is 0 Å². The van der Waals surface area contributed by atoms with Crippen molar-refractivity contribution in [3.05, 3.63) is 46.8 Å². The van der Waals surface area contributed by atoms with Crippen LogP contribution in [0.3, 0.4) is 0 Å². The van der Waals surface area contributed by atoms with Gasteiger partial charge in [-0.15, -0.1) is 10.2 Å². The molecule has 1 aromatic carbocycles. The Morgan fingerprint density at radius 3 is 2.14 bits per heavy atom. The summed E-state index contributed by atoms with van der Waals surface area (Å²) in [4.78, 5) is 22.8. The molecule has 2 aromatic rings. The van der Waals surface area contributed by atoms with E-state index < -0.39 is 59.6 Å². The van der Waals surface area contributed by atoms with Crippen molar-refractivity contribution < 1.29 is 54.2 Å². The number of carboxylic acid groups (broad SMARTS) is 1. The molecular weight excluding hydrogens is 517 g/mol. The molecule has 1 amide bonds. The summed E-state index contributed by atoms with van der Waals surface area (Å²) in [5.41, 5.74) is 5.68. The first-order valence-electron chi connectivity index (χ1n) is 9.92. The predicted octanol–water partition coefficient (Wildman–Crippen LogP) is 3.21. The second kappa shape index (κ2) is 10.7. The SMILES string of the molecule is CC1c2nnc(C(F)(F)F)n2CCN1C(=O)C[C@H](N)Cc1cc(F)c(F)cc1F.O=C(O)C(F)(F)F. The van der Waals surface area contributed by atoms with E-state index in [0.29, 0.717) is 12.1 Å². The zero-order chi connectivity index (χ0) is 27.6. The molecule has 8 nitrogen and oxygen atoms in total. The number of fused-ring (bicyclic) bond motifs is 1. The minimum atomic E-state index is -5.08. The maximum absolute atomic E-state index is 13.7. The molecule has 0 bridgehead atoms. The third kappa shape index (κ3) is 6.86. The monoisotopic (exact) mass is 535 g/mol. The van der Waals surface area contributed by atoms with Gasteiger partial charge in [0.25, 0.3) is 0 Å². The molecule has 1 aromatic heterocycles. The van der Waals surface area contributed by atoms with Crippen molar-refractivity contribution in [1.82, 2.24) is 19.7 Å². The summed E-state index contributed by atoms with van der Waals surface area (Å²) in [6, 6.07) is -0.594. The normalized spacial score (nSPS) is 16.6. The molecular formula is C19H18F9N5O3. The van der Waals surface area contributed by atoms with Crippen LogP contribution in [0.1, 0.15) is 36.6 Å². The Morgan fingerprint density at radius 1 is 1.06 bits per heavy atom. The summed E-state index contributed by atoms with van der Waals surface area (Å²) in [7, 11) is 0. The van der Waals surface area contributed by atoms with Gasteiger partial charge in [0.1, 0.15) is 5.82 Å². The van der Waals surface area contributed by atoms with Gasteiger partial charge in [-0.25, -0.2) is 18.0 Å². The molecule has 0 spiro atoms. The molecule has 1 aliphatic rings. The van der Waals surface area contributed by atoms with E-state index in [-0.39, 0.29) is 37.3 Å². The van der Waals surface area contributed by atoms with Crippen LogP contribution in [0.15, 0.2) is 12.1 Å². The Hall–Kier alpha value is -3.37. The highest BCUT2D eigenvalue weighted by Crippen LogP contribution is 2.33. The average Bonchev–Trinajstić information content (AvgIpc) is 3.17. The molecule has 200 valence electrons. The Balaban J connectivity index is 0.000000572. The van der Waals surface area contributed by atoms with Gasteiger partial charge in [-0.05, 0) is 25.0 Å². The van der Waals surface area contributed by atoms with E-state index in [1.807, 2.05) is 0 Å². The fourth-order valence-electron chi connectivity index (χ4n) is 3.35. The Labute approximate surface area is 196 Å². The number of amides is 1. The lowest BCUT2D eigenvalue weighted by atomic mass is 10.0. The van der Waals surface area contributed by atoms with Gasteiger partial charge >= 0.3 is 18.3 Å². The number of aliphatic carboxylic acids is 1. The molecule has 0 fully saturated rings. The van der Waals surface area contributed by atoms with Gasteiger partial charge in [-0.1, -0.05) is 0 Å². The van der Waals surface area contributed by atoms with Crippen molar-refractivity contribution in [3.63, 3.8) is 0 Å².